The van der Waals surface area contributed by atoms with Crippen LogP contribution in [0.1, 0.15) is 30.9 Å². The van der Waals surface area contributed by atoms with Crippen molar-refractivity contribution >= 4 is 11.9 Å². The number of likely N-dealkylation sites (tertiary alicyclic amines) is 1. The fourth-order valence-corrected chi connectivity index (χ4v) is 3.21. The topological polar surface area (TPSA) is 117 Å². The van der Waals surface area contributed by atoms with Crippen LogP contribution in [-0.2, 0) is 16.1 Å². The Labute approximate surface area is 138 Å². The van der Waals surface area contributed by atoms with Crippen LogP contribution in [0.15, 0.2) is 24.7 Å². The number of aromatic amines is 1. The lowest BCUT2D eigenvalue weighted by molar-refractivity contribution is -0.138. The quantitative estimate of drug-likeness (QED) is 0.762. The number of carbonyl (C=O) groups excluding carboxylic acids is 1. The second kappa shape index (κ2) is 7.24. The SMILES string of the molecule is O=C(O)C[C@H]1CN(C(=O)CCCn2cccn2)C[C@H]1c1cn[nH]n1. The van der Waals surface area contributed by atoms with Crippen LogP contribution < -0.4 is 0 Å². The first-order chi connectivity index (χ1) is 11.6. The monoisotopic (exact) mass is 332 g/mol. The van der Waals surface area contributed by atoms with Crippen molar-refractivity contribution in [3.8, 4) is 0 Å². The van der Waals surface area contributed by atoms with E-state index >= 15 is 0 Å². The van der Waals surface area contributed by atoms with Crippen molar-refractivity contribution < 1.29 is 14.7 Å². The molecule has 0 unspecified atom stereocenters. The summed E-state index contributed by atoms with van der Waals surface area (Å²) < 4.78 is 1.79. The van der Waals surface area contributed by atoms with E-state index in [4.69, 9.17) is 5.11 Å². The number of aliphatic carboxylic acids is 1. The molecular formula is C15H20N6O3. The van der Waals surface area contributed by atoms with E-state index < -0.39 is 5.97 Å². The first-order valence-corrected chi connectivity index (χ1v) is 7.96. The van der Waals surface area contributed by atoms with Crippen molar-refractivity contribution in [3.63, 3.8) is 0 Å². The summed E-state index contributed by atoms with van der Waals surface area (Å²) in [4.78, 5) is 25.3. The van der Waals surface area contributed by atoms with Gasteiger partial charge in [-0.2, -0.15) is 20.5 Å². The maximum absolute atomic E-state index is 12.4. The molecule has 9 heteroatoms. The Hall–Kier alpha value is -2.71. The van der Waals surface area contributed by atoms with Crippen molar-refractivity contribution in [2.75, 3.05) is 13.1 Å². The zero-order valence-electron chi connectivity index (χ0n) is 13.2. The first-order valence-electron chi connectivity index (χ1n) is 7.96. The Morgan fingerprint density at radius 1 is 1.38 bits per heavy atom. The van der Waals surface area contributed by atoms with Gasteiger partial charge in [0, 0.05) is 44.4 Å². The zero-order valence-corrected chi connectivity index (χ0v) is 13.2. The maximum atomic E-state index is 12.4. The lowest BCUT2D eigenvalue weighted by Gasteiger charge is -2.16. The average molecular weight is 332 g/mol. The Kier molecular flexibility index (Phi) is 4.88. The summed E-state index contributed by atoms with van der Waals surface area (Å²) in [7, 11) is 0. The molecular weight excluding hydrogens is 312 g/mol. The minimum absolute atomic E-state index is 0.0224. The van der Waals surface area contributed by atoms with E-state index in [2.05, 4.69) is 20.5 Å². The number of aryl methyl sites for hydroxylation is 1. The molecule has 1 amide bonds. The van der Waals surface area contributed by atoms with Crippen LogP contribution in [0.5, 0.6) is 0 Å². The van der Waals surface area contributed by atoms with Gasteiger partial charge in [-0.3, -0.25) is 14.3 Å². The van der Waals surface area contributed by atoms with Gasteiger partial charge in [-0.1, -0.05) is 0 Å². The van der Waals surface area contributed by atoms with E-state index in [9.17, 15) is 9.59 Å². The molecule has 0 radical (unpaired) electrons. The van der Waals surface area contributed by atoms with Gasteiger partial charge in [0.1, 0.15) is 0 Å². The maximum Gasteiger partial charge on any atom is 0.303 e. The highest BCUT2D eigenvalue weighted by atomic mass is 16.4. The molecule has 0 aromatic carbocycles. The van der Waals surface area contributed by atoms with Crippen LogP contribution in [0, 0.1) is 5.92 Å². The summed E-state index contributed by atoms with van der Waals surface area (Å²) in [6, 6.07) is 1.85. The molecule has 1 aliphatic rings. The molecule has 0 spiro atoms. The summed E-state index contributed by atoms with van der Waals surface area (Å²) >= 11 is 0. The second-order valence-electron chi connectivity index (χ2n) is 6.03. The lowest BCUT2D eigenvalue weighted by Crippen LogP contribution is -2.29. The molecule has 0 bridgehead atoms. The van der Waals surface area contributed by atoms with Gasteiger partial charge in [-0.25, -0.2) is 0 Å². The minimum atomic E-state index is -0.860. The molecule has 2 aromatic rings. The van der Waals surface area contributed by atoms with Crippen LogP contribution >= 0.6 is 0 Å². The average Bonchev–Trinajstić information content (AvgIpc) is 3.27. The van der Waals surface area contributed by atoms with Crippen LogP contribution in [0.2, 0.25) is 0 Å². The minimum Gasteiger partial charge on any atom is -0.481 e. The van der Waals surface area contributed by atoms with Gasteiger partial charge in [0.2, 0.25) is 5.91 Å². The first kappa shape index (κ1) is 16.2. The van der Waals surface area contributed by atoms with E-state index in [1.165, 1.54) is 0 Å². The van der Waals surface area contributed by atoms with Gasteiger partial charge >= 0.3 is 5.97 Å². The molecule has 2 aromatic heterocycles. The number of aromatic nitrogens is 5. The third-order valence-corrected chi connectivity index (χ3v) is 4.38. The zero-order chi connectivity index (χ0) is 16.9. The summed E-state index contributed by atoms with van der Waals surface area (Å²) in [6.07, 6.45) is 6.32. The van der Waals surface area contributed by atoms with E-state index in [0.717, 1.165) is 0 Å². The summed E-state index contributed by atoms with van der Waals surface area (Å²) in [6.45, 7) is 1.63. The number of rotatable bonds is 7. The van der Waals surface area contributed by atoms with Crippen molar-refractivity contribution in [2.45, 2.75) is 31.7 Å². The fraction of sp³-hybridized carbons (Fsp3) is 0.533. The summed E-state index contributed by atoms with van der Waals surface area (Å²) in [5, 5.41) is 23.6. The molecule has 2 N–H and O–H groups in total. The van der Waals surface area contributed by atoms with Gasteiger partial charge in [-0.05, 0) is 18.4 Å². The molecule has 0 aliphatic carbocycles. The standard InChI is InChI=1S/C15H20N6O3/c22-14(3-1-5-21-6-2-4-17-21)20-9-11(7-15(23)24)12(10-20)13-8-16-19-18-13/h2,4,6,8,11-12H,1,3,5,7,9-10H2,(H,23,24)(H,16,18,19)/t11-,12+/m0/s1. The van der Waals surface area contributed by atoms with Crippen LogP contribution in [0.25, 0.3) is 0 Å². The molecule has 3 rings (SSSR count). The number of nitrogens with one attached hydrogen (secondary N) is 1. The Morgan fingerprint density at radius 2 is 2.25 bits per heavy atom. The largest absolute Gasteiger partial charge is 0.481 e. The number of nitrogens with zero attached hydrogens (tertiary/aromatic N) is 5. The van der Waals surface area contributed by atoms with Gasteiger partial charge in [0.15, 0.2) is 0 Å². The predicted octanol–water partition coefficient (Wildman–Crippen LogP) is 0.498. The number of hydrogen-bond donors (Lipinski definition) is 2. The number of amides is 1. The number of H-pyrrole nitrogens is 1. The summed E-state index contributed by atoms with van der Waals surface area (Å²) in [5.74, 6) is -1.04. The third kappa shape index (κ3) is 3.79. The van der Waals surface area contributed by atoms with E-state index in [1.54, 1.807) is 22.0 Å². The fourth-order valence-electron chi connectivity index (χ4n) is 3.21. The molecule has 128 valence electrons. The molecule has 0 saturated carbocycles. The molecule has 1 fully saturated rings. The number of carboxylic acid groups (broad SMARTS) is 1. The van der Waals surface area contributed by atoms with Crippen LogP contribution in [-0.4, -0.2) is 60.2 Å². The van der Waals surface area contributed by atoms with E-state index in [1.807, 2.05) is 12.3 Å². The highest BCUT2D eigenvalue weighted by Crippen LogP contribution is 2.33. The van der Waals surface area contributed by atoms with Crippen molar-refractivity contribution in [1.82, 2.24) is 30.1 Å². The number of carboxylic acids is 1. The smallest absolute Gasteiger partial charge is 0.303 e. The Balaban J connectivity index is 1.57. The molecule has 24 heavy (non-hydrogen) atoms. The van der Waals surface area contributed by atoms with Crippen LogP contribution in [0.4, 0.5) is 0 Å². The highest BCUT2D eigenvalue weighted by molar-refractivity contribution is 5.77. The third-order valence-electron chi connectivity index (χ3n) is 4.38. The van der Waals surface area contributed by atoms with Crippen molar-refractivity contribution in [2.24, 2.45) is 5.92 Å². The molecule has 9 nitrogen and oxygen atoms in total. The number of carbonyl (C=O) groups is 2. The lowest BCUT2D eigenvalue weighted by atomic mass is 9.91. The van der Waals surface area contributed by atoms with Crippen LogP contribution in [0.3, 0.4) is 0 Å². The van der Waals surface area contributed by atoms with Gasteiger partial charge in [0.05, 0.1) is 18.3 Å². The molecule has 1 aliphatic heterocycles. The van der Waals surface area contributed by atoms with E-state index in [-0.39, 0.29) is 24.2 Å². The van der Waals surface area contributed by atoms with Gasteiger partial charge in [-0.15, -0.1) is 0 Å². The second-order valence-corrected chi connectivity index (χ2v) is 6.03. The summed E-state index contributed by atoms with van der Waals surface area (Å²) in [5.41, 5.74) is 0.716. The predicted molar refractivity (Wildman–Crippen MR) is 82.9 cm³/mol. The normalized spacial score (nSPS) is 20.4. The Morgan fingerprint density at radius 3 is 2.92 bits per heavy atom. The molecule has 1 saturated heterocycles. The molecule has 2 atom stereocenters. The molecule has 3 heterocycles. The van der Waals surface area contributed by atoms with Crippen molar-refractivity contribution in [3.05, 3.63) is 30.4 Å². The van der Waals surface area contributed by atoms with Gasteiger partial charge < -0.3 is 10.0 Å². The highest BCUT2D eigenvalue weighted by Gasteiger charge is 2.38. The number of hydrogen-bond acceptors (Lipinski definition) is 5. The van der Waals surface area contributed by atoms with Gasteiger partial charge in [0.25, 0.3) is 0 Å². The van der Waals surface area contributed by atoms with Crippen molar-refractivity contribution in [1.29, 1.82) is 0 Å². The van der Waals surface area contributed by atoms with E-state index in [0.29, 0.717) is 38.2 Å². The Bertz CT molecular complexity index is 669.